The Morgan fingerprint density at radius 3 is 2.48 bits per heavy atom. The van der Waals surface area contributed by atoms with Gasteiger partial charge in [-0.1, -0.05) is 13.8 Å². The first-order valence-corrected chi connectivity index (χ1v) is 7.12. The molecule has 0 aliphatic heterocycles. The molecular weight excluding hydrogens is 275 g/mol. The molecule has 0 aromatic heterocycles. The van der Waals surface area contributed by atoms with E-state index in [1.165, 1.54) is 12.1 Å². The van der Waals surface area contributed by atoms with Crippen molar-refractivity contribution in [1.82, 2.24) is 5.32 Å². The molecule has 0 spiro atoms. The number of aliphatic hydroxyl groups is 1. The third kappa shape index (κ3) is 4.60. The molecule has 0 saturated carbocycles. The highest BCUT2D eigenvalue weighted by Crippen LogP contribution is 2.21. The highest BCUT2D eigenvalue weighted by atomic mass is 19.1. The second-order valence-electron chi connectivity index (χ2n) is 4.80. The van der Waals surface area contributed by atoms with Crippen molar-refractivity contribution in [1.29, 1.82) is 0 Å². The largest absolute Gasteiger partial charge is 0.491 e. The molecule has 0 aliphatic rings. The van der Waals surface area contributed by atoms with Gasteiger partial charge in [-0.05, 0) is 31.9 Å². The number of amides is 2. The molecule has 3 N–H and O–H groups in total. The Bertz CT molecular complexity index is 468. The number of carbonyl (C=O) groups is 1. The van der Waals surface area contributed by atoms with Crippen LogP contribution in [0.4, 0.5) is 14.9 Å². The van der Waals surface area contributed by atoms with Gasteiger partial charge in [0.15, 0.2) is 11.6 Å². The van der Waals surface area contributed by atoms with E-state index in [2.05, 4.69) is 10.6 Å². The Balaban J connectivity index is 2.73. The van der Waals surface area contributed by atoms with Gasteiger partial charge in [-0.3, -0.25) is 0 Å². The molecule has 1 aromatic rings. The predicted molar refractivity (Wildman–Crippen MR) is 80.1 cm³/mol. The van der Waals surface area contributed by atoms with Gasteiger partial charge < -0.3 is 20.5 Å². The summed E-state index contributed by atoms with van der Waals surface area (Å²) in [4.78, 5) is 11.9. The van der Waals surface area contributed by atoms with Crippen molar-refractivity contribution in [3.63, 3.8) is 0 Å². The Morgan fingerprint density at radius 1 is 1.33 bits per heavy atom. The molecule has 21 heavy (non-hydrogen) atoms. The Labute approximate surface area is 124 Å². The maximum absolute atomic E-state index is 13.7. The van der Waals surface area contributed by atoms with Gasteiger partial charge >= 0.3 is 6.03 Å². The van der Waals surface area contributed by atoms with E-state index >= 15 is 0 Å². The van der Waals surface area contributed by atoms with Crippen LogP contribution in [0.2, 0.25) is 0 Å². The third-order valence-electron chi connectivity index (χ3n) is 3.52. The molecule has 1 rings (SSSR count). The van der Waals surface area contributed by atoms with E-state index in [9.17, 15) is 14.3 Å². The van der Waals surface area contributed by atoms with Gasteiger partial charge in [0.2, 0.25) is 0 Å². The molecule has 0 saturated heterocycles. The SMILES string of the molecule is CCOc1ccc(NC(=O)NC(CC)(CC)CO)cc1F. The number of hydrogen-bond donors (Lipinski definition) is 3. The lowest BCUT2D eigenvalue weighted by atomic mass is 9.94. The fourth-order valence-corrected chi connectivity index (χ4v) is 1.94. The second-order valence-corrected chi connectivity index (χ2v) is 4.80. The van der Waals surface area contributed by atoms with Crippen LogP contribution in [0.25, 0.3) is 0 Å². The molecule has 0 radical (unpaired) electrons. The number of halogens is 1. The molecule has 6 heteroatoms. The molecule has 0 aliphatic carbocycles. The number of benzene rings is 1. The van der Waals surface area contributed by atoms with Crippen LogP contribution in [-0.2, 0) is 0 Å². The number of ether oxygens (including phenoxy) is 1. The Kier molecular flexibility index (Phi) is 6.42. The van der Waals surface area contributed by atoms with E-state index in [-0.39, 0.29) is 12.4 Å². The van der Waals surface area contributed by atoms with Crippen molar-refractivity contribution in [2.24, 2.45) is 0 Å². The molecule has 0 heterocycles. The summed E-state index contributed by atoms with van der Waals surface area (Å²) in [5, 5.41) is 14.7. The van der Waals surface area contributed by atoms with Crippen molar-refractivity contribution in [2.45, 2.75) is 39.2 Å². The first-order valence-electron chi connectivity index (χ1n) is 7.12. The van der Waals surface area contributed by atoms with Crippen LogP contribution in [0.15, 0.2) is 18.2 Å². The first-order chi connectivity index (χ1) is 10.00. The summed E-state index contributed by atoms with van der Waals surface area (Å²) in [6, 6.07) is 3.75. The molecule has 1 aromatic carbocycles. The van der Waals surface area contributed by atoms with Crippen LogP contribution in [-0.4, -0.2) is 29.9 Å². The van der Waals surface area contributed by atoms with Gasteiger partial charge in [0, 0.05) is 11.8 Å². The van der Waals surface area contributed by atoms with Crippen molar-refractivity contribution < 1.29 is 19.0 Å². The fourth-order valence-electron chi connectivity index (χ4n) is 1.94. The number of anilines is 1. The number of carbonyl (C=O) groups excluding carboxylic acids is 1. The highest BCUT2D eigenvalue weighted by molar-refractivity contribution is 5.89. The standard InChI is InChI=1S/C15H23FN2O3/c1-4-15(5-2,10-19)18-14(20)17-11-7-8-13(21-6-3)12(16)9-11/h7-9,19H,4-6,10H2,1-3H3,(H2,17,18,20). The lowest BCUT2D eigenvalue weighted by Gasteiger charge is -2.30. The van der Waals surface area contributed by atoms with Crippen molar-refractivity contribution in [3.05, 3.63) is 24.0 Å². The molecule has 118 valence electrons. The predicted octanol–water partition coefficient (Wildman–Crippen LogP) is 2.90. The highest BCUT2D eigenvalue weighted by Gasteiger charge is 2.27. The number of nitrogens with one attached hydrogen (secondary N) is 2. The van der Waals surface area contributed by atoms with Gasteiger partial charge in [0.25, 0.3) is 0 Å². The smallest absolute Gasteiger partial charge is 0.319 e. The van der Waals surface area contributed by atoms with Gasteiger partial charge in [0.1, 0.15) is 0 Å². The minimum absolute atomic E-state index is 0.148. The summed E-state index contributed by atoms with van der Waals surface area (Å²) in [5.41, 5.74) is -0.332. The monoisotopic (exact) mass is 298 g/mol. The van der Waals surface area contributed by atoms with Gasteiger partial charge in [-0.25, -0.2) is 9.18 Å². The zero-order chi connectivity index (χ0) is 15.9. The quantitative estimate of drug-likeness (QED) is 0.725. The summed E-state index contributed by atoms with van der Waals surface area (Å²) in [6.45, 7) is 5.76. The van der Waals surface area contributed by atoms with E-state index < -0.39 is 17.4 Å². The fraction of sp³-hybridized carbons (Fsp3) is 0.533. The zero-order valence-corrected chi connectivity index (χ0v) is 12.7. The summed E-state index contributed by atoms with van der Waals surface area (Å²) < 4.78 is 18.8. The maximum Gasteiger partial charge on any atom is 0.319 e. The van der Waals surface area contributed by atoms with E-state index in [0.717, 1.165) is 0 Å². The second kappa shape index (κ2) is 7.83. The van der Waals surface area contributed by atoms with Crippen LogP contribution in [0, 0.1) is 5.82 Å². The van der Waals surface area contributed by atoms with Crippen LogP contribution in [0.1, 0.15) is 33.6 Å². The average molecular weight is 298 g/mol. The number of hydrogen-bond acceptors (Lipinski definition) is 3. The molecule has 0 fully saturated rings. The van der Waals surface area contributed by atoms with Crippen molar-refractivity contribution in [3.8, 4) is 5.75 Å². The van der Waals surface area contributed by atoms with Gasteiger partial charge in [-0.2, -0.15) is 0 Å². The molecule has 0 bridgehead atoms. The minimum Gasteiger partial charge on any atom is -0.491 e. The zero-order valence-electron chi connectivity index (χ0n) is 12.7. The molecule has 0 atom stereocenters. The summed E-state index contributed by atoms with van der Waals surface area (Å²) in [7, 11) is 0. The lowest BCUT2D eigenvalue weighted by Crippen LogP contribution is -2.52. The summed E-state index contributed by atoms with van der Waals surface area (Å²) >= 11 is 0. The lowest BCUT2D eigenvalue weighted by molar-refractivity contribution is 0.155. The van der Waals surface area contributed by atoms with Gasteiger partial charge in [0.05, 0.1) is 18.8 Å². The summed E-state index contributed by atoms with van der Waals surface area (Å²) in [6.07, 6.45) is 1.20. The van der Waals surface area contributed by atoms with Crippen LogP contribution in [0.5, 0.6) is 5.75 Å². The van der Waals surface area contributed by atoms with E-state index in [1.807, 2.05) is 13.8 Å². The molecule has 2 amide bonds. The Morgan fingerprint density at radius 2 is 2.00 bits per heavy atom. The average Bonchev–Trinajstić information content (AvgIpc) is 2.48. The topological polar surface area (TPSA) is 70.6 Å². The van der Waals surface area contributed by atoms with E-state index in [4.69, 9.17) is 4.74 Å². The van der Waals surface area contributed by atoms with Crippen molar-refractivity contribution in [2.75, 3.05) is 18.5 Å². The van der Waals surface area contributed by atoms with E-state index in [0.29, 0.717) is 25.1 Å². The maximum atomic E-state index is 13.7. The summed E-state index contributed by atoms with van der Waals surface area (Å²) in [5.74, 6) is -0.385. The molecule has 0 unspecified atom stereocenters. The van der Waals surface area contributed by atoms with Crippen LogP contribution >= 0.6 is 0 Å². The number of rotatable bonds is 7. The van der Waals surface area contributed by atoms with Crippen LogP contribution in [0.3, 0.4) is 0 Å². The normalized spacial score (nSPS) is 11.1. The van der Waals surface area contributed by atoms with E-state index in [1.54, 1.807) is 13.0 Å². The van der Waals surface area contributed by atoms with Crippen LogP contribution < -0.4 is 15.4 Å². The number of urea groups is 1. The first kappa shape index (κ1) is 17.2. The van der Waals surface area contributed by atoms with Crippen molar-refractivity contribution >= 4 is 11.7 Å². The minimum atomic E-state index is -0.659. The third-order valence-corrected chi connectivity index (χ3v) is 3.52. The molecular formula is C15H23FN2O3. The Hall–Kier alpha value is -1.82. The number of aliphatic hydroxyl groups excluding tert-OH is 1. The van der Waals surface area contributed by atoms with Gasteiger partial charge in [-0.15, -0.1) is 0 Å². The molecule has 5 nitrogen and oxygen atoms in total.